The minimum atomic E-state index is -0.0763. The molecule has 0 aromatic heterocycles. The van der Waals surface area contributed by atoms with Crippen LogP contribution in [0.4, 0.5) is 0 Å². The van der Waals surface area contributed by atoms with Crippen LogP contribution in [0.1, 0.15) is 66.2 Å². The number of para-hydroxylation sites is 1. The summed E-state index contributed by atoms with van der Waals surface area (Å²) in [6, 6.07) is 6.00. The van der Waals surface area contributed by atoms with Crippen LogP contribution in [0.15, 0.2) is 18.2 Å². The molecule has 0 N–H and O–H groups in total. The van der Waals surface area contributed by atoms with Gasteiger partial charge in [0.2, 0.25) is 5.75 Å². The van der Waals surface area contributed by atoms with Crippen molar-refractivity contribution >= 4 is 0 Å². The Morgan fingerprint density at radius 3 is 2.60 bits per heavy atom. The molecule has 0 radical (unpaired) electrons. The molecular weight excluding hydrogens is 248 g/mol. The third kappa shape index (κ3) is 3.68. The first-order valence-electron chi connectivity index (χ1n) is 8.11. The summed E-state index contributed by atoms with van der Waals surface area (Å²) >= 11 is 0. The molecule has 0 spiro atoms. The summed E-state index contributed by atoms with van der Waals surface area (Å²) < 4.78 is 11.7. The lowest BCUT2D eigenvalue weighted by molar-refractivity contribution is 0.0700. The third-order valence-corrected chi connectivity index (χ3v) is 4.69. The van der Waals surface area contributed by atoms with Crippen LogP contribution < -0.4 is 9.47 Å². The highest BCUT2D eigenvalue weighted by Crippen LogP contribution is 2.53. The zero-order valence-corrected chi connectivity index (χ0v) is 13.4. The van der Waals surface area contributed by atoms with Gasteiger partial charge in [0.15, 0.2) is 11.5 Å². The van der Waals surface area contributed by atoms with Gasteiger partial charge in [0, 0.05) is 0 Å². The van der Waals surface area contributed by atoms with E-state index in [-0.39, 0.29) is 5.60 Å². The molecule has 0 saturated heterocycles. The van der Waals surface area contributed by atoms with Crippen LogP contribution in [0.2, 0.25) is 0 Å². The highest BCUT2D eigenvalue weighted by molar-refractivity contribution is 5.62. The predicted octanol–water partition coefficient (Wildman–Crippen LogP) is 5.95. The number of benzene rings is 1. The molecule has 1 aromatic carbocycles. The number of hydrogen-bond acceptors (Lipinski definition) is 2. The SMILES string of the molecule is CCC(CC)CCCC(C)(CC)Oc1cccc2c1O2. The number of rotatable bonds is 9. The zero-order chi connectivity index (χ0) is 14.6. The van der Waals surface area contributed by atoms with Crippen LogP contribution >= 0.6 is 0 Å². The van der Waals surface area contributed by atoms with E-state index in [0.717, 1.165) is 36.0 Å². The molecule has 0 aliphatic carbocycles. The summed E-state index contributed by atoms with van der Waals surface area (Å²) in [7, 11) is 0. The molecule has 2 rings (SSSR count). The molecule has 1 aliphatic rings. The van der Waals surface area contributed by atoms with Gasteiger partial charge in [-0.25, -0.2) is 0 Å². The molecule has 20 heavy (non-hydrogen) atoms. The smallest absolute Gasteiger partial charge is 0.211 e. The van der Waals surface area contributed by atoms with Crippen molar-refractivity contribution in [3.05, 3.63) is 18.2 Å². The first-order chi connectivity index (χ1) is 9.61. The average Bonchev–Trinajstić information content (AvgIpc) is 3.24. The number of fused-ring (bicyclic) bond motifs is 1. The van der Waals surface area contributed by atoms with E-state index in [9.17, 15) is 0 Å². The van der Waals surface area contributed by atoms with Gasteiger partial charge in [0.25, 0.3) is 0 Å². The maximum Gasteiger partial charge on any atom is 0.211 e. The molecule has 0 saturated carbocycles. The molecule has 0 amide bonds. The second-order valence-corrected chi connectivity index (χ2v) is 6.17. The van der Waals surface area contributed by atoms with Crippen molar-refractivity contribution in [1.29, 1.82) is 0 Å². The normalized spacial score (nSPS) is 15.4. The summed E-state index contributed by atoms with van der Waals surface area (Å²) in [5, 5.41) is 0. The van der Waals surface area contributed by atoms with Gasteiger partial charge in [-0.15, -0.1) is 0 Å². The monoisotopic (exact) mass is 276 g/mol. The van der Waals surface area contributed by atoms with Crippen molar-refractivity contribution in [2.24, 2.45) is 5.92 Å². The molecule has 1 heterocycles. The van der Waals surface area contributed by atoms with E-state index in [2.05, 4.69) is 27.7 Å². The summed E-state index contributed by atoms with van der Waals surface area (Å²) in [4.78, 5) is 0. The van der Waals surface area contributed by atoms with Crippen molar-refractivity contribution in [2.75, 3.05) is 0 Å². The molecule has 1 aromatic rings. The summed E-state index contributed by atoms with van der Waals surface area (Å²) in [5.41, 5.74) is -0.0763. The Hall–Kier alpha value is -1.18. The van der Waals surface area contributed by atoms with Crippen LogP contribution in [0.25, 0.3) is 0 Å². The van der Waals surface area contributed by atoms with Crippen LogP contribution in [0, 0.1) is 5.92 Å². The molecule has 1 unspecified atom stereocenters. The molecule has 1 atom stereocenters. The highest BCUT2D eigenvalue weighted by Gasteiger charge is 2.31. The fourth-order valence-corrected chi connectivity index (χ4v) is 2.77. The van der Waals surface area contributed by atoms with Gasteiger partial charge in [0.05, 0.1) is 0 Å². The molecule has 2 nitrogen and oxygen atoms in total. The summed E-state index contributed by atoms with van der Waals surface area (Å²) in [6.45, 7) is 9.02. The average molecular weight is 276 g/mol. The Balaban J connectivity index is 1.88. The lowest BCUT2D eigenvalue weighted by atomic mass is 9.90. The Labute approximate surface area is 123 Å². The summed E-state index contributed by atoms with van der Waals surface area (Å²) in [5.74, 6) is 3.69. The van der Waals surface area contributed by atoms with Crippen molar-refractivity contribution in [1.82, 2.24) is 0 Å². The third-order valence-electron chi connectivity index (χ3n) is 4.69. The summed E-state index contributed by atoms with van der Waals surface area (Å²) in [6.07, 6.45) is 7.28. The second kappa shape index (κ2) is 6.51. The van der Waals surface area contributed by atoms with E-state index in [1.807, 2.05) is 18.2 Å². The lowest BCUT2D eigenvalue weighted by Gasteiger charge is -2.30. The minimum Gasteiger partial charge on any atom is -0.484 e. The van der Waals surface area contributed by atoms with E-state index >= 15 is 0 Å². The van der Waals surface area contributed by atoms with Gasteiger partial charge in [-0.05, 0) is 44.2 Å². The highest BCUT2D eigenvalue weighted by atomic mass is 16.6. The predicted molar refractivity (Wildman–Crippen MR) is 83.8 cm³/mol. The van der Waals surface area contributed by atoms with E-state index in [1.54, 1.807) is 0 Å². The van der Waals surface area contributed by atoms with Crippen molar-refractivity contribution in [3.8, 4) is 17.2 Å². The zero-order valence-electron chi connectivity index (χ0n) is 13.4. The van der Waals surface area contributed by atoms with Gasteiger partial charge in [-0.1, -0.05) is 46.1 Å². The fourth-order valence-electron chi connectivity index (χ4n) is 2.77. The number of ether oxygens (including phenoxy) is 2. The van der Waals surface area contributed by atoms with Gasteiger partial charge < -0.3 is 9.47 Å². The largest absolute Gasteiger partial charge is 0.484 e. The van der Waals surface area contributed by atoms with E-state index in [1.165, 1.54) is 25.7 Å². The standard InChI is InChI=1S/C18H28O2/c1-5-14(6-2)10-9-13-18(4,7-3)20-16-12-8-11-15-17(16)19-15/h8,11-12,14H,5-7,9-10,13H2,1-4H3. The van der Waals surface area contributed by atoms with Crippen molar-refractivity contribution < 1.29 is 9.47 Å². The maximum atomic E-state index is 6.26. The van der Waals surface area contributed by atoms with Gasteiger partial charge in [-0.3, -0.25) is 0 Å². The van der Waals surface area contributed by atoms with Gasteiger partial charge >= 0.3 is 0 Å². The van der Waals surface area contributed by atoms with Gasteiger partial charge in [0.1, 0.15) is 5.60 Å². The Bertz CT molecular complexity index is 437. The van der Waals surface area contributed by atoms with Crippen LogP contribution in [-0.2, 0) is 0 Å². The Morgan fingerprint density at radius 1 is 1.20 bits per heavy atom. The molecule has 0 bridgehead atoms. The van der Waals surface area contributed by atoms with Crippen LogP contribution in [-0.4, -0.2) is 5.60 Å². The Morgan fingerprint density at radius 2 is 1.95 bits per heavy atom. The second-order valence-electron chi connectivity index (χ2n) is 6.17. The lowest BCUT2D eigenvalue weighted by Crippen LogP contribution is -2.31. The van der Waals surface area contributed by atoms with E-state index < -0.39 is 0 Å². The van der Waals surface area contributed by atoms with Gasteiger partial charge in [-0.2, -0.15) is 0 Å². The quantitative estimate of drug-likeness (QED) is 0.528. The molecular formula is C18H28O2. The minimum absolute atomic E-state index is 0.0763. The van der Waals surface area contributed by atoms with Crippen LogP contribution in [0.5, 0.6) is 17.2 Å². The topological polar surface area (TPSA) is 21.8 Å². The Kier molecular flexibility index (Phi) is 4.95. The molecule has 1 aliphatic heterocycles. The maximum absolute atomic E-state index is 6.26. The molecule has 112 valence electrons. The first-order valence-corrected chi connectivity index (χ1v) is 8.11. The first kappa shape index (κ1) is 15.2. The van der Waals surface area contributed by atoms with Crippen molar-refractivity contribution in [2.45, 2.75) is 71.8 Å². The van der Waals surface area contributed by atoms with Crippen molar-refractivity contribution in [3.63, 3.8) is 0 Å². The molecule has 0 fully saturated rings. The molecule has 2 heteroatoms. The van der Waals surface area contributed by atoms with E-state index in [0.29, 0.717) is 0 Å². The van der Waals surface area contributed by atoms with Crippen LogP contribution in [0.3, 0.4) is 0 Å². The van der Waals surface area contributed by atoms with E-state index in [4.69, 9.17) is 9.47 Å². The fraction of sp³-hybridized carbons (Fsp3) is 0.667. The number of hydrogen-bond donors (Lipinski definition) is 0.